The molecule has 4 nitrogen and oxygen atoms in total. The van der Waals surface area contributed by atoms with Crippen LogP contribution in [0.15, 0.2) is 41.0 Å². The third-order valence-electron chi connectivity index (χ3n) is 2.99. The van der Waals surface area contributed by atoms with Gasteiger partial charge in [-0.15, -0.1) is 0 Å². The van der Waals surface area contributed by atoms with E-state index in [1.165, 1.54) is 6.26 Å². The van der Waals surface area contributed by atoms with Crippen molar-refractivity contribution in [2.24, 2.45) is 0 Å². The van der Waals surface area contributed by atoms with E-state index < -0.39 is 17.6 Å². The highest BCUT2D eigenvalue weighted by Gasteiger charge is 2.31. The number of amides is 1. The summed E-state index contributed by atoms with van der Waals surface area (Å²) in [5, 5.41) is 2.43. The number of hydrogen-bond donors (Lipinski definition) is 1. The molecule has 8 heteroatoms. The molecule has 0 unspecified atom stereocenters. The molecule has 0 aliphatic heterocycles. The van der Waals surface area contributed by atoms with Crippen molar-refractivity contribution < 1.29 is 22.4 Å². The van der Waals surface area contributed by atoms with Crippen molar-refractivity contribution in [3.05, 3.63) is 52.9 Å². The zero-order valence-electron chi connectivity index (χ0n) is 12.2. The second-order valence-corrected chi connectivity index (χ2v) is 5.40. The first kappa shape index (κ1) is 17.4. The first-order valence-electron chi connectivity index (χ1n) is 6.63. The lowest BCUT2D eigenvalue weighted by atomic mass is 10.2. The van der Waals surface area contributed by atoms with Crippen molar-refractivity contribution in [1.82, 2.24) is 4.90 Å². The highest BCUT2D eigenvalue weighted by Crippen LogP contribution is 2.33. The summed E-state index contributed by atoms with van der Waals surface area (Å²) in [6.45, 7) is 0.379. The summed E-state index contributed by atoms with van der Waals surface area (Å²) in [5.41, 5.74) is -0.945. The van der Waals surface area contributed by atoms with E-state index in [1.807, 2.05) is 0 Å². The molecule has 1 aromatic carbocycles. The second kappa shape index (κ2) is 7.06. The van der Waals surface area contributed by atoms with Gasteiger partial charge < -0.3 is 9.73 Å². The van der Waals surface area contributed by atoms with Gasteiger partial charge in [0.25, 0.3) is 0 Å². The Balaban J connectivity index is 1.99. The number of nitrogens with one attached hydrogen (secondary N) is 1. The van der Waals surface area contributed by atoms with Crippen molar-refractivity contribution in [1.29, 1.82) is 0 Å². The molecule has 0 fully saturated rings. The van der Waals surface area contributed by atoms with Gasteiger partial charge in [0.1, 0.15) is 5.76 Å². The van der Waals surface area contributed by atoms with Crippen LogP contribution in [0.5, 0.6) is 0 Å². The minimum atomic E-state index is -4.50. The number of likely N-dealkylation sites (N-methyl/N-ethyl adjacent to an activating group) is 1. The lowest BCUT2D eigenvalue weighted by molar-refractivity contribution is -0.137. The van der Waals surface area contributed by atoms with Crippen LogP contribution in [0.4, 0.5) is 18.9 Å². The van der Waals surface area contributed by atoms with Crippen molar-refractivity contribution in [2.45, 2.75) is 12.7 Å². The number of anilines is 1. The first-order chi connectivity index (χ1) is 10.8. The normalized spacial score (nSPS) is 11.7. The van der Waals surface area contributed by atoms with Crippen LogP contribution < -0.4 is 5.32 Å². The number of carbonyl (C=O) groups is 1. The summed E-state index contributed by atoms with van der Waals surface area (Å²) in [6, 6.07) is 6.27. The van der Waals surface area contributed by atoms with Gasteiger partial charge in [-0.05, 0) is 37.4 Å². The van der Waals surface area contributed by atoms with Crippen LogP contribution in [-0.2, 0) is 17.5 Å². The molecule has 0 saturated carbocycles. The van der Waals surface area contributed by atoms with Crippen LogP contribution >= 0.6 is 11.6 Å². The number of benzene rings is 1. The molecule has 0 radical (unpaired) electrons. The third-order valence-corrected chi connectivity index (χ3v) is 3.32. The number of rotatable bonds is 5. The smallest absolute Gasteiger partial charge is 0.416 e. The summed E-state index contributed by atoms with van der Waals surface area (Å²) >= 11 is 5.83. The van der Waals surface area contributed by atoms with Crippen molar-refractivity contribution in [3.8, 4) is 0 Å². The Morgan fingerprint density at radius 2 is 2.09 bits per heavy atom. The zero-order chi connectivity index (χ0) is 17.0. The number of hydrogen-bond acceptors (Lipinski definition) is 3. The van der Waals surface area contributed by atoms with Gasteiger partial charge >= 0.3 is 6.18 Å². The Hall–Kier alpha value is -1.99. The van der Waals surface area contributed by atoms with E-state index in [1.54, 1.807) is 24.1 Å². The van der Waals surface area contributed by atoms with E-state index in [-0.39, 0.29) is 17.3 Å². The Labute approximate surface area is 135 Å². The number of alkyl halides is 3. The molecule has 0 bridgehead atoms. The quantitative estimate of drug-likeness (QED) is 0.889. The predicted octanol–water partition coefficient (Wildman–Crippen LogP) is 4.02. The number of halogens is 4. The lowest BCUT2D eigenvalue weighted by Gasteiger charge is -2.16. The maximum absolute atomic E-state index is 12.7. The molecule has 23 heavy (non-hydrogen) atoms. The maximum Gasteiger partial charge on any atom is 0.416 e. The highest BCUT2D eigenvalue weighted by molar-refractivity contribution is 6.33. The van der Waals surface area contributed by atoms with Gasteiger partial charge in [0.2, 0.25) is 5.91 Å². The molecular formula is C15H14ClF3N2O2. The molecule has 0 atom stereocenters. The Morgan fingerprint density at radius 3 is 2.70 bits per heavy atom. The molecule has 1 aromatic heterocycles. The SMILES string of the molecule is CN(CC(=O)Nc1cc(C(F)(F)F)ccc1Cl)Cc1ccco1. The molecule has 2 aromatic rings. The summed E-state index contributed by atoms with van der Waals surface area (Å²) in [6.07, 6.45) is -2.98. The molecule has 0 aliphatic rings. The molecule has 0 spiro atoms. The van der Waals surface area contributed by atoms with Gasteiger partial charge in [0.05, 0.1) is 35.6 Å². The monoisotopic (exact) mass is 346 g/mol. The van der Waals surface area contributed by atoms with Crippen LogP contribution in [0.1, 0.15) is 11.3 Å². The molecule has 0 saturated heterocycles. The van der Waals surface area contributed by atoms with Gasteiger partial charge in [0, 0.05) is 0 Å². The Morgan fingerprint density at radius 1 is 1.35 bits per heavy atom. The fraction of sp³-hybridized carbons (Fsp3) is 0.267. The number of furan rings is 1. The molecule has 1 N–H and O–H groups in total. The van der Waals surface area contributed by atoms with E-state index in [4.69, 9.17) is 16.0 Å². The van der Waals surface area contributed by atoms with Gasteiger partial charge in [-0.3, -0.25) is 9.69 Å². The predicted molar refractivity (Wildman–Crippen MR) is 80.1 cm³/mol. The summed E-state index contributed by atoms with van der Waals surface area (Å²) in [5.74, 6) is 0.206. The largest absolute Gasteiger partial charge is 0.468 e. The maximum atomic E-state index is 12.7. The van der Waals surface area contributed by atoms with Crippen LogP contribution in [0.3, 0.4) is 0 Å². The Kier molecular flexibility index (Phi) is 5.33. The molecule has 124 valence electrons. The summed E-state index contributed by atoms with van der Waals surface area (Å²) in [4.78, 5) is 13.6. The van der Waals surface area contributed by atoms with E-state index in [2.05, 4.69) is 5.32 Å². The fourth-order valence-electron chi connectivity index (χ4n) is 1.96. The minimum absolute atomic E-state index is 0.0206. The first-order valence-corrected chi connectivity index (χ1v) is 7.01. The average molecular weight is 347 g/mol. The van der Waals surface area contributed by atoms with Crippen molar-refractivity contribution in [3.63, 3.8) is 0 Å². The fourth-order valence-corrected chi connectivity index (χ4v) is 2.12. The van der Waals surface area contributed by atoms with Gasteiger partial charge in [0.15, 0.2) is 0 Å². The van der Waals surface area contributed by atoms with Crippen LogP contribution in [0, 0.1) is 0 Å². The van der Waals surface area contributed by atoms with E-state index in [0.717, 1.165) is 18.2 Å². The van der Waals surface area contributed by atoms with Crippen LogP contribution in [0.2, 0.25) is 5.02 Å². The standard InChI is InChI=1S/C15H14ClF3N2O2/c1-21(8-11-3-2-6-23-11)9-14(22)20-13-7-10(15(17,18)19)4-5-12(13)16/h2-7H,8-9H2,1H3,(H,20,22). The average Bonchev–Trinajstić information content (AvgIpc) is 2.92. The van der Waals surface area contributed by atoms with E-state index in [9.17, 15) is 18.0 Å². The topological polar surface area (TPSA) is 45.5 Å². The molecule has 0 aliphatic carbocycles. The molecule has 1 heterocycles. The number of nitrogens with zero attached hydrogens (tertiary/aromatic N) is 1. The van der Waals surface area contributed by atoms with Gasteiger partial charge in [-0.25, -0.2) is 0 Å². The zero-order valence-corrected chi connectivity index (χ0v) is 12.9. The molecule has 1 amide bonds. The summed E-state index contributed by atoms with van der Waals surface area (Å²) in [7, 11) is 1.69. The van der Waals surface area contributed by atoms with Crippen LogP contribution in [-0.4, -0.2) is 24.4 Å². The van der Waals surface area contributed by atoms with Gasteiger partial charge in [-0.2, -0.15) is 13.2 Å². The summed E-state index contributed by atoms with van der Waals surface area (Å²) < 4.78 is 43.2. The molecular weight excluding hydrogens is 333 g/mol. The highest BCUT2D eigenvalue weighted by atomic mass is 35.5. The molecule has 2 rings (SSSR count). The lowest BCUT2D eigenvalue weighted by Crippen LogP contribution is -2.29. The van der Waals surface area contributed by atoms with E-state index >= 15 is 0 Å². The second-order valence-electron chi connectivity index (χ2n) is 4.99. The van der Waals surface area contributed by atoms with Crippen molar-refractivity contribution >= 4 is 23.2 Å². The van der Waals surface area contributed by atoms with Crippen molar-refractivity contribution in [2.75, 3.05) is 18.9 Å². The Bertz CT molecular complexity index is 672. The van der Waals surface area contributed by atoms with E-state index in [0.29, 0.717) is 12.3 Å². The third kappa shape index (κ3) is 5.01. The van der Waals surface area contributed by atoms with Crippen LogP contribution in [0.25, 0.3) is 0 Å². The van der Waals surface area contributed by atoms with Gasteiger partial charge in [-0.1, -0.05) is 11.6 Å². The minimum Gasteiger partial charge on any atom is -0.468 e. The number of carbonyl (C=O) groups excluding carboxylic acids is 1.